The van der Waals surface area contributed by atoms with Crippen LogP contribution in [0.3, 0.4) is 0 Å². The Morgan fingerprint density at radius 1 is 1.28 bits per heavy atom. The van der Waals surface area contributed by atoms with Crippen molar-refractivity contribution in [3.8, 4) is 5.75 Å². The molecule has 1 amide bonds. The summed E-state index contributed by atoms with van der Waals surface area (Å²) in [6.07, 6.45) is 1.25. The number of hydrogen-bond acceptors (Lipinski definition) is 8. The molecule has 0 aliphatic heterocycles. The molecule has 0 fully saturated rings. The van der Waals surface area contributed by atoms with E-state index in [1.165, 1.54) is 30.5 Å². The summed E-state index contributed by atoms with van der Waals surface area (Å²) < 4.78 is 5.62. The molecule has 1 heterocycles. The Kier molecular flexibility index (Phi) is 6.14. The third kappa shape index (κ3) is 5.32. The van der Waals surface area contributed by atoms with E-state index in [1.807, 2.05) is 0 Å². The van der Waals surface area contributed by atoms with Crippen LogP contribution in [-0.4, -0.2) is 28.6 Å². The summed E-state index contributed by atoms with van der Waals surface area (Å²) in [7, 11) is 0. The minimum absolute atomic E-state index is 0.0429. The van der Waals surface area contributed by atoms with Crippen molar-refractivity contribution in [2.24, 2.45) is 5.10 Å². The Hall–Kier alpha value is -2.86. The maximum Gasteiger partial charge on any atom is 0.324 e. The Labute approximate surface area is 152 Å². The van der Waals surface area contributed by atoms with Crippen molar-refractivity contribution < 1.29 is 19.4 Å². The molecule has 2 rings (SSSR count). The summed E-state index contributed by atoms with van der Waals surface area (Å²) in [5.74, 6) is -0.694. The zero-order chi connectivity index (χ0) is 18.4. The number of rotatable bonds is 7. The number of carbonyl (C=O) groups is 1. The smallest absolute Gasteiger partial charge is 0.324 e. The van der Waals surface area contributed by atoms with Crippen molar-refractivity contribution in [2.45, 2.75) is 0 Å². The lowest BCUT2D eigenvalue weighted by molar-refractivity contribution is -0.385. The summed E-state index contributed by atoms with van der Waals surface area (Å²) in [6.45, 7) is -0.482. The number of nitrogens with zero attached hydrogens (tertiary/aromatic N) is 3. The summed E-state index contributed by atoms with van der Waals surface area (Å²) in [5.41, 5.74) is 1.88. The van der Waals surface area contributed by atoms with Crippen molar-refractivity contribution in [2.75, 3.05) is 6.61 Å². The van der Waals surface area contributed by atoms with Crippen LogP contribution in [0.15, 0.2) is 39.9 Å². The fourth-order valence-corrected chi connectivity index (χ4v) is 2.65. The zero-order valence-corrected chi connectivity index (χ0v) is 14.7. The molecule has 0 bridgehead atoms. The van der Waals surface area contributed by atoms with Gasteiger partial charge in [-0.05, 0) is 18.2 Å². The molecule has 1 aromatic carbocycles. The highest BCUT2D eigenvalue weighted by atomic mass is 79.9. The molecular formula is C13H9BrN4O6S. The van der Waals surface area contributed by atoms with Gasteiger partial charge < -0.3 is 4.74 Å². The van der Waals surface area contributed by atoms with E-state index in [-0.39, 0.29) is 16.4 Å². The number of carbonyl (C=O) groups excluding carboxylic acids is 1. The molecule has 0 aliphatic rings. The first-order valence-electron chi connectivity index (χ1n) is 6.49. The molecule has 2 aromatic rings. The Bertz CT molecular complexity index is 853. The van der Waals surface area contributed by atoms with E-state index >= 15 is 0 Å². The third-order valence-electron chi connectivity index (χ3n) is 2.65. The summed E-state index contributed by atoms with van der Waals surface area (Å²) in [6, 6.07) is 6.98. The van der Waals surface area contributed by atoms with Gasteiger partial charge >= 0.3 is 10.7 Å². The van der Waals surface area contributed by atoms with Gasteiger partial charge in [0.05, 0.1) is 20.9 Å². The number of ether oxygens (including phenoxy) is 1. The lowest BCUT2D eigenvalue weighted by atomic mass is 10.3. The van der Waals surface area contributed by atoms with Crippen LogP contribution < -0.4 is 10.2 Å². The fraction of sp³-hybridized carbons (Fsp3) is 0.0769. The van der Waals surface area contributed by atoms with Gasteiger partial charge in [0.1, 0.15) is 0 Å². The van der Waals surface area contributed by atoms with Gasteiger partial charge in [-0.15, -0.1) is 0 Å². The van der Waals surface area contributed by atoms with Gasteiger partial charge in [-0.1, -0.05) is 27.3 Å². The third-order valence-corrected chi connectivity index (χ3v) is 4.11. The highest BCUT2D eigenvalue weighted by Gasteiger charge is 2.16. The van der Waals surface area contributed by atoms with Crippen LogP contribution in [0.5, 0.6) is 5.75 Å². The first kappa shape index (κ1) is 18.5. The molecule has 0 unspecified atom stereocenters. The number of nitro groups is 2. The maximum absolute atomic E-state index is 11.6. The number of thiophene rings is 1. The predicted molar refractivity (Wildman–Crippen MR) is 93.0 cm³/mol. The lowest BCUT2D eigenvalue weighted by Crippen LogP contribution is -2.24. The highest BCUT2D eigenvalue weighted by molar-refractivity contribution is 9.10. The highest BCUT2D eigenvalue weighted by Crippen LogP contribution is 2.29. The minimum atomic E-state index is -0.639. The van der Waals surface area contributed by atoms with Gasteiger partial charge in [-0.3, -0.25) is 25.0 Å². The van der Waals surface area contributed by atoms with E-state index in [4.69, 9.17) is 4.74 Å². The van der Waals surface area contributed by atoms with Gasteiger partial charge in [0, 0.05) is 16.6 Å². The van der Waals surface area contributed by atoms with E-state index in [9.17, 15) is 25.0 Å². The number of hydrazone groups is 1. The predicted octanol–water partition coefficient (Wildman–Crippen LogP) is 2.86. The van der Waals surface area contributed by atoms with Crippen molar-refractivity contribution >= 4 is 50.1 Å². The van der Waals surface area contributed by atoms with E-state index in [2.05, 4.69) is 26.5 Å². The quantitative estimate of drug-likeness (QED) is 0.408. The zero-order valence-electron chi connectivity index (χ0n) is 12.2. The number of halogens is 1. The summed E-state index contributed by atoms with van der Waals surface area (Å²) >= 11 is 4.01. The molecule has 0 atom stereocenters. The molecule has 0 spiro atoms. The molecule has 0 saturated heterocycles. The van der Waals surface area contributed by atoms with E-state index in [1.54, 1.807) is 6.07 Å². The number of nitrogens with one attached hydrogen (secondary N) is 1. The van der Waals surface area contributed by atoms with Gasteiger partial charge in [-0.2, -0.15) is 5.10 Å². The van der Waals surface area contributed by atoms with E-state index in [0.29, 0.717) is 9.35 Å². The first-order chi connectivity index (χ1) is 11.9. The molecule has 12 heteroatoms. The average Bonchev–Trinajstić information content (AvgIpc) is 3.02. The van der Waals surface area contributed by atoms with Crippen LogP contribution >= 0.6 is 27.3 Å². The van der Waals surface area contributed by atoms with Crippen molar-refractivity contribution in [3.05, 3.63) is 59.9 Å². The molecular weight excluding hydrogens is 420 g/mol. The molecule has 0 saturated carbocycles. The number of benzene rings is 1. The van der Waals surface area contributed by atoms with Crippen LogP contribution in [-0.2, 0) is 4.79 Å². The van der Waals surface area contributed by atoms with Gasteiger partial charge in [-0.25, -0.2) is 5.43 Å². The van der Waals surface area contributed by atoms with Crippen molar-refractivity contribution in [3.63, 3.8) is 0 Å². The normalized spacial score (nSPS) is 10.6. The second-order valence-corrected chi connectivity index (χ2v) is 6.39. The maximum atomic E-state index is 11.6. The molecule has 1 aromatic heterocycles. The standard InChI is InChI=1S/C13H9BrN4O6S/c14-8-1-3-11(10(5-8)17(20)21)24-7-12(19)16-15-6-9-2-4-13(25-9)18(22)23/h1-6H,7H2,(H,16,19)/b15-6-. The van der Waals surface area contributed by atoms with E-state index in [0.717, 1.165) is 11.3 Å². The number of amides is 1. The van der Waals surface area contributed by atoms with Crippen molar-refractivity contribution in [1.29, 1.82) is 0 Å². The molecule has 1 N–H and O–H groups in total. The van der Waals surface area contributed by atoms with Crippen LogP contribution in [0.4, 0.5) is 10.7 Å². The van der Waals surface area contributed by atoms with Crippen LogP contribution in [0.2, 0.25) is 0 Å². The summed E-state index contributed by atoms with van der Waals surface area (Å²) in [4.78, 5) is 32.4. The Morgan fingerprint density at radius 2 is 2.04 bits per heavy atom. The Balaban J connectivity index is 1.89. The van der Waals surface area contributed by atoms with Crippen LogP contribution in [0.1, 0.15) is 4.88 Å². The second-order valence-electron chi connectivity index (χ2n) is 4.38. The largest absolute Gasteiger partial charge is 0.477 e. The fourth-order valence-electron chi connectivity index (χ4n) is 1.61. The topological polar surface area (TPSA) is 137 Å². The first-order valence-corrected chi connectivity index (χ1v) is 8.10. The number of hydrogen-bond donors (Lipinski definition) is 1. The lowest BCUT2D eigenvalue weighted by Gasteiger charge is -2.05. The number of nitro benzene ring substituents is 1. The van der Waals surface area contributed by atoms with Crippen LogP contribution in [0, 0.1) is 20.2 Å². The molecule has 0 radical (unpaired) electrons. The van der Waals surface area contributed by atoms with Gasteiger partial charge in [0.2, 0.25) is 0 Å². The minimum Gasteiger partial charge on any atom is -0.477 e. The molecule has 130 valence electrons. The average molecular weight is 429 g/mol. The summed E-state index contributed by atoms with van der Waals surface area (Å²) in [5, 5.41) is 25.1. The molecule has 25 heavy (non-hydrogen) atoms. The molecule has 10 nitrogen and oxygen atoms in total. The van der Waals surface area contributed by atoms with Gasteiger partial charge in [0.15, 0.2) is 12.4 Å². The van der Waals surface area contributed by atoms with Crippen molar-refractivity contribution in [1.82, 2.24) is 5.43 Å². The molecule has 0 aliphatic carbocycles. The Morgan fingerprint density at radius 3 is 2.68 bits per heavy atom. The SMILES string of the molecule is O=C(COc1ccc(Br)cc1[N+](=O)[O-])N/N=C\c1ccc([N+](=O)[O-])s1. The monoisotopic (exact) mass is 428 g/mol. The van der Waals surface area contributed by atoms with E-state index < -0.39 is 22.4 Å². The second kappa shape index (κ2) is 8.30. The van der Waals surface area contributed by atoms with Gasteiger partial charge in [0.25, 0.3) is 5.91 Å². The van der Waals surface area contributed by atoms with Crippen LogP contribution in [0.25, 0.3) is 0 Å².